The lowest BCUT2D eigenvalue weighted by Crippen LogP contribution is -2.29. The number of nitrogens with one attached hydrogen (secondary N) is 1. The van der Waals surface area contributed by atoms with Crippen molar-refractivity contribution in [2.24, 2.45) is 11.8 Å². The van der Waals surface area contributed by atoms with Crippen molar-refractivity contribution in [3.63, 3.8) is 0 Å². The van der Waals surface area contributed by atoms with E-state index in [9.17, 15) is 0 Å². The Bertz CT molecular complexity index is 400. The molecule has 1 aromatic rings. The van der Waals surface area contributed by atoms with E-state index in [4.69, 9.17) is 0 Å². The Morgan fingerprint density at radius 1 is 1.35 bits per heavy atom. The third-order valence-electron chi connectivity index (χ3n) is 4.15. The number of benzene rings is 1. The van der Waals surface area contributed by atoms with Crippen molar-refractivity contribution in [3.8, 4) is 0 Å². The van der Waals surface area contributed by atoms with Crippen molar-refractivity contribution in [1.82, 2.24) is 10.2 Å². The van der Waals surface area contributed by atoms with E-state index >= 15 is 0 Å². The summed E-state index contributed by atoms with van der Waals surface area (Å²) >= 11 is 0. The minimum Gasteiger partial charge on any atom is -0.316 e. The summed E-state index contributed by atoms with van der Waals surface area (Å²) < 4.78 is 0. The normalized spacial score (nSPS) is 19.9. The minimum atomic E-state index is 0.758. The SMILES string of the molecule is Cc1cccc(CCN2CCC(CNCC(C)C)C2)c1. The smallest absolute Gasteiger partial charge is 0.00224 e. The first-order valence-electron chi connectivity index (χ1n) is 8.12. The topological polar surface area (TPSA) is 15.3 Å². The fourth-order valence-corrected chi connectivity index (χ4v) is 3.01. The molecule has 0 amide bonds. The average molecular weight is 274 g/mol. The van der Waals surface area contributed by atoms with Gasteiger partial charge in [0.25, 0.3) is 0 Å². The van der Waals surface area contributed by atoms with Gasteiger partial charge in [0, 0.05) is 13.1 Å². The van der Waals surface area contributed by atoms with E-state index < -0.39 is 0 Å². The fourth-order valence-electron chi connectivity index (χ4n) is 3.01. The van der Waals surface area contributed by atoms with Crippen molar-refractivity contribution in [3.05, 3.63) is 35.4 Å². The Morgan fingerprint density at radius 3 is 2.95 bits per heavy atom. The van der Waals surface area contributed by atoms with E-state index in [1.165, 1.54) is 50.1 Å². The van der Waals surface area contributed by atoms with Gasteiger partial charge in [0.2, 0.25) is 0 Å². The Hall–Kier alpha value is -0.860. The molecule has 2 nitrogen and oxygen atoms in total. The van der Waals surface area contributed by atoms with Gasteiger partial charge in [-0.15, -0.1) is 0 Å². The van der Waals surface area contributed by atoms with Crippen molar-refractivity contribution < 1.29 is 0 Å². The summed E-state index contributed by atoms with van der Waals surface area (Å²) in [6.45, 7) is 12.8. The molecule has 2 heteroatoms. The van der Waals surface area contributed by atoms with Crippen molar-refractivity contribution in [2.75, 3.05) is 32.7 Å². The van der Waals surface area contributed by atoms with Gasteiger partial charge in [-0.05, 0) is 56.8 Å². The highest BCUT2D eigenvalue weighted by atomic mass is 15.1. The molecule has 1 heterocycles. The molecular formula is C18H30N2. The van der Waals surface area contributed by atoms with Crippen LogP contribution in [-0.4, -0.2) is 37.6 Å². The predicted molar refractivity (Wildman–Crippen MR) is 87.1 cm³/mol. The van der Waals surface area contributed by atoms with Gasteiger partial charge in [-0.25, -0.2) is 0 Å². The van der Waals surface area contributed by atoms with Crippen LogP contribution >= 0.6 is 0 Å². The first kappa shape index (κ1) is 15.5. The molecule has 1 N–H and O–H groups in total. The molecule has 112 valence electrons. The number of rotatable bonds is 7. The largest absolute Gasteiger partial charge is 0.316 e. The summed E-state index contributed by atoms with van der Waals surface area (Å²) in [6.07, 6.45) is 2.55. The second kappa shape index (κ2) is 7.80. The van der Waals surface area contributed by atoms with Crippen LogP contribution in [-0.2, 0) is 6.42 Å². The molecule has 1 unspecified atom stereocenters. The lowest BCUT2D eigenvalue weighted by atomic mass is 10.1. The number of hydrogen-bond donors (Lipinski definition) is 1. The van der Waals surface area contributed by atoms with Gasteiger partial charge in [0.1, 0.15) is 0 Å². The summed E-state index contributed by atoms with van der Waals surface area (Å²) in [7, 11) is 0. The molecule has 1 atom stereocenters. The van der Waals surface area contributed by atoms with Gasteiger partial charge in [0.15, 0.2) is 0 Å². The van der Waals surface area contributed by atoms with Crippen LogP contribution in [0.3, 0.4) is 0 Å². The van der Waals surface area contributed by atoms with Gasteiger partial charge in [-0.2, -0.15) is 0 Å². The highest BCUT2D eigenvalue weighted by Gasteiger charge is 2.21. The molecule has 0 aromatic heterocycles. The van der Waals surface area contributed by atoms with Gasteiger partial charge >= 0.3 is 0 Å². The van der Waals surface area contributed by atoms with Crippen molar-refractivity contribution in [2.45, 2.75) is 33.6 Å². The van der Waals surface area contributed by atoms with E-state index in [1.807, 2.05) is 0 Å². The van der Waals surface area contributed by atoms with E-state index in [0.29, 0.717) is 0 Å². The van der Waals surface area contributed by atoms with Crippen LogP contribution in [0.2, 0.25) is 0 Å². The number of hydrogen-bond acceptors (Lipinski definition) is 2. The van der Waals surface area contributed by atoms with Crippen LogP contribution in [0.25, 0.3) is 0 Å². The number of aryl methyl sites for hydroxylation is 1. The maximum Gasteiger partial charge on any atom is 0.00224 e. The highest BCUT2D eigenvalue weighted by molar-refractivity contribution is 5.22. The summed E-state index contributed by atoms with van der Waals surface area (Å²) in [5.74, 6) is 1.61. The molecule has 0 aliphatic carbocycles. The van der Waals surface area contributed by atoms with E-state index in [-0.39, 0.29) is 0 Å². The molecule has 0 radical (unpaired) electrons. The maximum atomic E-state index is 3.60. The van der Waals surface area contributed by atoms with Gasteiger partial charge in [0.05, 0.1) is 0 Å². The fraction of sp³-hybridized carbons (Fsp3) is 0.667. The first-order valence-corrected chi connectivity index (χ1v) is 8.12. The van der Waals surface area contributed by atoms with Crippen molar-refractivity contribution >= 4 is 0 Å². The molecule has 1 aromatic carbocycles. The van der Waals surface area contributed by atoms with Crippen LogP contribution in [0.15, 0.2) is 24.3 Å². The summed E-state index contributed by atoms with van der Waals surface area (Å²) in [5, 5.41) is 3.60. The third kappa shape index (κ3) is 5.26. The molecule has 20 heavy (non-hydrogen) atoms. The van der Waals surface area contributed by atoms with Crippen LogP contribution in [0, 0.1) is 18.8 Å². The number of nitrogens with zero attached hydrogens (tertiary/aromatic N) is 1. The quantitative estimate of drug-likeness (QED) is 0.822. The van der Waals surface area contributed by atoms with Gasteiger partial charge in [-0.1, -0.05) is 43.7 Å². The Kier molecular flexibility index (Phi) is 6.06. The molecule has 1 saturated heterocycles. The zero-order valence-electron chi connectivity index (χ0n) is 13.4. The first-order chi connectivity index (χ1) is 9.63. The Labute approximate surface area is 124 Å². The van der Waals surface area contributed by atoms with Crippen molar-refractivity contribution in [1.29, 1.82) is 0 Å². The maximum absolute atomic E-state index is 3.60. The van der Waals surface area contributed by atoms with Crippen LogP contribution in [0.5, 0.6) is 0 Å². The van der Waals surface area contributed by atoms with Crippen LogP contribution in [0.1, 0.15) is 31.4 Å². The summed E-state index contributed by atoms with van der Waals surface area (Å²) in [4.78, 5) is 2.63. The van der Waals surface area contributed by atoms with E-state index in [2.05, 4.69) is 55.3 Å². The molecule has 0 bridgehead atoms. The zero-order chi connectivity index (χ0) is 14.4. The lowest BCUT2D eigenvalue weighted by molar-refractivity contribution is 0.324. The molecule has 1 aliphatic rings. The van der Waals surface area contributed by atoms with Crippen LogP contribution < -0.4 is 5.32 Å². The van der Waals surface area contributed by atoms with Crippen LogP contribution in [0.4, 0.5) is 0 Å². The summed E-state index contributed by atoms with van der Waals surface area (Å²) in [5.41, 5.74) is 2.85. The highest BCUT2D eigenvalue weighted by Crippen LogP contribution is 2.16. The molecule has 1 fully saturated rings. The molecule has 1 aliphatic heterocycles. The molecule has 2 rings (SSSR count). The monoisotopic (exact) mass is 274 g/mol. The Balaban J connectivity index is 1.66. The molecule has 0 saturated carbocycles. The third-order valence-corrected chi connectivity index (χ3v) is 4.15. The second-order valence-corrected chi connectivity index (χ2v) is 6.75. The molecular weight excluding hydrogens is 244 g/mol. The zero-order valence-corrected chi connectivity index (χ0v) is 13.4. The average Bonchev–Trinajstić information content (AvgIpc) is 2.84. The minimum absolute atomic E-state index is 0.758. The standard InChI is InChI=1S/C18H30N2/c1-15(2)12-19-13-18-8-10-20(14-18)9-7-17-6-4-5-16(3)11-17/h4-6,11,15,18-19H,7-10,12-14H2,1-3H3. The van der Waals surface area contributed by atoms with E-state index in [0.717, 1.165) is 18.4 Å². The Morgan fingerprint density at radius 2 is 2.20 bits per heavy atom. The lowest BCUT2D eigenvalue weighted by Gasteiger charge is -2.17. The van der Waals surface area contributed by atoms with Gasteiger partial charge in [-0.3, -0.25) is 0 Å². The van der Waals surface area contributed by atoms with Gasteiger partial charge < -0.3 is 10.2 Å². The van der Waals surface area contributed by atoms with E-state index in [1.54, 1.807) is 0 Å². The molecule has 0 spiro atoms. The second-order valence-electron chi connectivity index (χ2n) is 6.75. The predicted octanol–water partition coefficient (Wildman–Crippen LogP) is 3.11. The number of likely N-dealkylation sites (tertiary alicyclic amines) is 1. The summed E-state index contributed by atoms with van der Waals surface area (Å²) in [6, 6.07) is 8.92.